The van der Waals surface area contributed by atoms with Gasteiger partial charge in [-0.2, -0.15) is 13.2 Å². The third-order valence-corrected chi connectivity index (χ3v) is 3.19. The van der Waals surface area contributed by atoms with Gasteiger partial charge in [0.2, 0.25) is 0 Å². The number of unbranched alkanes of at least 4 members (excludes halogenated alkanes) is 1. The van der Waals surface area contributed by atoms with E-state index in [4.69, 9.17) is 0 Å². The molecule has 0 unspecified atom stereocenters. The molecule has 0 aliphatic rings. The topological polar surface area (TPSA) is 66.9 Å². The van der Waals surface area contributed by atoms with E-state index in [2.05, 4.69) is 27.5 Å². The normalized spacial score (nSPS) is 11.2. The molecule has 1 amide bonds. The van der Waals surface area contributed by atoms with E-state index >= 15 is 0 Å². The summed E-state index contributed by atoms with van der Waals surface area (Å²) in [6.45, 7) is 2.84. The number of carbonyl (C=O) groups is 1. The summed E-state index contributed by atoms with van der Waals surface area (Å²) in [5.41, 5.74) is -0.446. The highest BCUT2D eigenvalue weighted by molar-refractivity contribution is 6.02. The highest BCUT2D eigenvalue weighted by Gasteiger charge is 2.30. The molecule has 0 fully saturated rings. The number of nitrogens with one attached hydrogen (secondary N) is 2. The second kappa shape index (κ2) is 7.76. The molecule has 2 rings (SSSR count). The van der Waals surface area contributed by atoms with Crippen LogP contribution in [0.5, 0.6) is 0 Å². The van der Waals surface area contributed by atoms with Crippen molar-refractivity contribution in [3.05, 3.63) is 47.9 Å². The zero-order chi connectivity index (χ0) is 17.6. The van der Waals surface area contributed by atoms with Crippen LogP contribution in [0.15, 0.2) is 36.7 Å². The maximum absolute atomic E-state index is 12.5. The fraction of sp³-hybridized carbons (Fsp3) is 0.312. The standard InChI is InChI=1S/C16H17F3N4O/c1-2-3-8-20-14-10-21-13(9-22-14)15(24)23-12-6-4-11(5-7-12)16(17,18)19/h4-7,9-10H,2-3,8H2,1H3,(H,20,22)(H,23,24). The molecule has 2 N–H and O–H groups in total. The van der Waals surface area contributed by atoms with Crippen molar-refractivity contribution in [2.75, 3.05) is 17.2 Å². The van der Waals surface area contributed by atoms with Crippen molar-refractivity contribution in [1.29, 1.82) is 0 Å². The Balaban J connectivity index is 1.96. The van der Waals surface area contributed by atoms with E-state index in [1.807, 2.05) is 0 Å². The van der Waals surface area contributed by atoms with Gasteiger partial charge in [0.25, 0.3) is 5.91 Å². The molecule has 0 saturated carbocycles. The molecule has 0 aliphatic heterocycles. The summed E-state index contributed by atoms with van der Waals surface area (Å²) in [6, 6.07) is 4.19. The molecule has 8 heteroatoms. The van der Waals surface area contributed by atoms with Gasteiger partial charge in [-0.05, 0) is 30.7 Å². The predicted molar refractivity (Wildman–Crippen MR) is 84.8 cm³/mol. The van der Waals surface area contributed by atoms with Crippen LogP contribution in [0, 0.1) is 0 Å². The molecule has 0 aliphatic carbocycles. The summed E-state index contributed by atoms with van der Waals surface area (Å²) in [4.78, 5) is 20.1. The number of alkyl halides is 3. The Morgan fingerprint density at radius 2 is 1.83 bits per heavy atom. The minimum Gasteiger partial charge on any atom is -0.369 e. The van der Waals surface area contributed by atoms with E-state index in [1.54, 1.807) is 0 Å². The Kier molecular flexibility index (Phi) is 5.73. The molecule has 128 valence electrons. The molecule has 2 aromatic rings. The first-order valence-electron chi connectivity index (χ1n) is 7.44. The third-order valence-electron chi connectivity index (χ3n) is 3.19. The average molecular weight is 338 g/mol. The molecule has 24 heavy (non-hydrogen) atoms. The summed E-state index contributed by atoms with van der Waals surface area (Å²) in [5, 5.41) is 5.55. The lowest BCUT2D eigenvalue weighted by Crippen LogP contribution is -2.15. The molecule has 0 saturated heterocycles. The van der Waals surface area contributed by atoms with Gasteiger partial charge in [0, 0.05) is 12.2 Å². The van der Waals surface area contributed by atoms with Crippen LogP contribution in [0.4, 0.5) is 24.7 Å². The smallest absolute Gasteiger partial charge is 0.369 e. The van der Waals surface area contributed by atoms with Gasteiger partial charge in [0.05, 0.1) is 18.0 Å². The lowest BCUT2D eigenvalue weighted by molar-refractivity contribution is -0.137. The van der Waals surface area contributed by atoms with Crippen LogP contribution in [0.2, 0.25) is 0 Å². The molecule has 5 nitrogen and oxygen atoms in total. The number of anilines is 2. The van der Waals surface area contributed by atoms with Crippen LogP contribution in [-0.2, 0) is 6.18 Å². The Labute approximate surface area is 137 Å². The van der Waals surface area contributed by atoms with Crippen LogP contribution >= 0.6 is 0 Å². The second-order valence-electron chi connectivity index (χ2n) is 5.10. The highest BCUT2D eigenvalue weighted by atomic mass is 19.4. The van der Waals surface area contributed by atoms with E-state index < -0.39 is 17.6 Å². The minimum atomic E-state index is -4.41. The average Bonchev–Trinajstić information content (AvgIpc) is 2.55. The largest absolute Gasteiger partial charge is 0.416 e. The molecular weight excluding hydrogens is 321 g/mol. The Hall–Kier alpha value is -2.64. The van der Waals surface area contributed by atoms with E-state index in [1.165, 1.54) is 24.5 Å². The van der Waals surface area contributed by atoms with Gasteiger partial charge in [-0.15, -0.1) is 0 Å². The summed E-state index contributed by atoms with van der Waals surface area (Å²) in [5.74, 6) is 0.0249. The molecule has 0 atom stereocenters. The summed E-state index contributed by atoms with van der Waals surface area (Å²) >= 11 is 0. The van der Waals surface area contributed by atoms with Crippen molar-refractivity contribution >= 4 is 17.4 Å². The van der Waals surface area contributed by atoms with Gasteiger partial charge in [-0.1, -0.05) is 13.3 Å². The van der Waals surface area contributed by atoms with E-state index in [9.17, 15) is 18.0 Å². The van der Waals surface area contributed by atoms with Crippen LogP contribution in [0.25, 0.3) is 0 Å². The lowest BCUT2D eigenvalue weighted by Gasteiger charge is -2.09. The number of rotatable bonds is 6. The zero-order valence-electron chi connectivity index (χ0n) is 13.0. The number of hydrogen-bond donors (Lipinski definition) is 2. The lowest BCUT2D eigenvalue weighted by atomic mass is 10.2. The van der Waals surface area contributed by atoms with E-state index in [-0.39, 0.29) is 11.4 Å². The van der Waals surface area contributed by atoms with Crippen molar-refractivity contribution < 1.29 is 18.0 Å². The van der Waals surface area contributed by atoms with Crippen LogP contribution < -0.4 is 10.6 Å². The maximum Gasteiger partial charge on any atom is 0.416 e. The number of nitrogens with zero attached hydrogens (tertiary/aromatic N) is 2. The van der Waals surface area contributed by atoms with Crippen molar-refractivity contribution in [3.63, 3.8) is 0 Å². The number of hydrogen-bond acceptors (Lipinski definition) is 4. The van der Waals surface area contributed by atoms with Gasteiger partial charge in [-0.25, -0.2) is 9.97 Å². The van der Waals surface area contributed by atoms with Crippen molar-refractivity contribution in [3.8, 4) is 0 Å². The SMILES string of the molecule is CCCCNc1cnc(C(=O)Nc2ccc(C(F)(F)F)cc2)cn1. The van der Waals surface area contributed by atoms with Crippen LogP contribution in [-0.4, -0.2) is 22.4 Å². The maximum atomic E-state index is 12.5. The molecule has 1 aromatic heterocycles. The molecule has 0 radical (unpaired) electrons. The van der Waals surface area contributed by atoms with Crippen LogP contribution in [0.1, 0.15) is 35.8 Å². The zero-order valence-corrected chi connectivity index (χ0v) is 13.0. The fourth-order valence-electron chi connectivity index (χ4n) is 1.87. The summed E-state index contributed by atoms with van der Waals surface area (Å²) in [6.07, 6.45) is 0.394. The van der Waals surface area contributed by atoms with Crippen LogP contribution in [0.3, 0.4) is 0 Å². The molecule has 0 spiro atoms. The van der Waals surface area contributed by atoms with Gasteiger partial charge >= 0.3 is 6.18 Å². The predicted octanol–water partition coefficient (Wildman–Crippen LogP) is 3.96. The monoisotopic (exact) mass is 338 g/mol. The Morgan fingerprint density at radius 3 is 2.38 bits per heavy atom. The third kappa shape index (κ3) is 4.94. The summed E-state index contributed by atoms with van der Waals surface area (Å²) < 4.78 is 37.5. The van der Waals surface area contributed by atoms with Gasteiger partial charge < -0.3 is 10.6 Å². The number of halogens is 3. The quantitative estimate of drug-likeness (QED) is 0.783. The first-order chi connectivity index (χ1) is 11.4. The molecule has 0 bridgehead atoms. The van der Waals surface area contributed by atoms with Crippen molar-refractivity contribution in [2.45, 2.75) is 25.9 Å². The van der Waals surface area contributed by atoms with Gasteiger partial charge in [0.15, 0.2) is 0 Å². The number of benzene rings is 1. The van der Waals surface area contributed by atoms with Gasteiger partial charge in [-0.3, -0.25) is 4.79 Å². The molecular formula is C16H17F3N4O. The molecule has 1 aromatic carbocycles. The first-order valence-corrected chi connectivity index (χ1v) is 7.44. The molecule has 1 heterocycles. The number of aromatic nitrogens is 2. The minimum absolute atomic E-state index is 0.0796. The Morgan fingerprint density at radius 1 is 1.12 bits per heavy atom. The number of amides is 1. The van der Waals surface area contributed by atoms with Crippen molar-refractivity contribution in [1.82, 2.24) is 9.97 Å². The highest BCUT2D eigenvalue weighted by Crippen LogP contribution is 2.29. The summed E-state index contributed by atoms with van der Waals surface area (Å²) in [7, 11) is 0. The number of carbonyl (C=O) groups excluding carboxylic acids is 1. The van der Waals surface area contributed by atoms with Crippen molar-refractivity contribution in [2.24, 2.45) is 0 Å². The van der Waals surface area contributed by atoms with E-state index in [0.717, 1.165) is 31.5 Å². The Bertz CT molecular complexity index is 669. The fourth-order valence-corrected chi connectivity index (χ4v) is 1.87. The van der Waals surface area contributed by atoms with Gasteiger partial charge in [0.1, 0.15) is 11.5 Å². The first kappa shape index (κ1) is 17.7. The second-order valence-corrected chi connectivity index (χ2v) is 5.10. The van der Waals surface area contributed by atoms with E-state index in [0.29, 0.717) is 5.82 Å².